The maximum atomic E-state index is 13.7. The van der Waals surface area contributed by atoms with Crippen molar-refractivity contribution in [1.29, 1.82) is 0 Å². The Labute approximate surface area is 326 Å². The third-order valence-electron chi connectivity index (χ3n) is 9.60. The maximum absolute atomic E-state index is 13.7. The van der Waals surface area contributed by atoms with Gasteiger partial charge in [0.1, 0.15) is 19.3 Å². The first kappa shape index (κ1) is 51.6. The van der Waals surface area contributed by atoms with Gasteiger partial charge in [-0.2, -0.15) is 0 Å². The molecular weight excluding hydrogens is 687 g/mol. The first-order chi connectivity index (χ1) is 25.4. The Morgan fingerprint density at radius 2 is 1.15 bits per heavy atom. The summed E-state index contributed by atoms with van der Waals surface area (Å²) in [6, 6.07) is 0. The fraction of sp³-hybridized carbons (Fsp3) is 0.795. The topological polar surface area (TPSA) is 116 Å². The highest BCUT2D eigenvalue weighted by molar-refractivity contribution is 7.46. The molecule has 0 aromatic carbocycles. The van der Waals surface area contributed by atoms with E-state index in [9.17, 15) is 24.5 Å². The summed E-state index contributed by atoms with van der Waals surface area (Å²) >= 11 is 0. The number of phosphoric ester groups is 1. The van der Waals surface area contributed by atoms with E-state index in [4.69, 9.17) is 9.05 Å². The Morgan fingerprint density at radius 3 is 1.62 bits per heavy atom. The van der Waals surface area contributed by atoms with Gasteiger partial charge in [0.05, 0.1) is 27.7 Å². The molecule has 2 N–H and O–H groups in total. The van der Waals surface area contributed by atoms with Gasteiger partial charge in [0.15, 0.2) is 11.4 Å². The van der Waals surface area contributed by atoms with Crippen LogP contribution in [0.5, 0.6) is 0 Å². The highest BCUT2D eigenvalue weighted by atomic mass is 31.2. The quantitative estimate of drug-likeness (QED) is 0.0278. The van der Waals surface area contributed by atoms with Crippen LogP contribution in [0.1, 0.15) is 174 Å². The summed E-state index contributed by atoms with van der Waals surface area (Å²) < 4.78 is 24.2. The second-order valence-electron chi connectivity index (χ2n) is 15.7. The lowest BCUT2D eigenvalue weighted by atomic mass is 9.89. The van der Waals surface area contributed by atoms with Gasteiger partial charge in [0.2, 0.25) is 0 Å². The van der Waals surface area contributed by atoms with E-state index in [2.05, 4.69) is 62.5 Å². The molecule has 0 aromatic rings. The molecule has 0 aromatic heterocycles. The number of hydrogen-bond donors (Lipinski definition) is 2. The number of unbranched alkanes of at least 4 members (excludes halogenated alkanes) is 17. The van der Waals surface area contributed by atoms with Crippen LogP contribution in [0, 0.1) is 0 Å². The number of carbonyl (C=O) groups is 1. The van der Waals surface area contributed by atoms with E-state index >= 15 is 0 Å². The van der Waals surface area contributed by atoms with Crippen LogP contribution in [0.2, 0.25) is 0 Å². The fourth-order valence-electron chi connectivity index (χ4n) is 6.17. The van der Waals surface area contributed by atoms with E-state index in [0.717, 1.165) is 44.9 Å². The number of hydrogen-bond acceptors (Lipinski definition) is 7. The van der Waals surface area contributed by atoms with Crippen molar-refractivity contribution in [2.45, 2.75) is 186 Å². The van der Waals surface area contributed by atoms with Gasteiger partial charge in [-0.05, 0) is 64.2 Å². The van der Waals surface area contributed by atoms with Crippen LogP contribution in [0.25, 0.3) is 0 Å². The molecule has 53 heavy (non-hydrogen) atoms. The van der Waals surface area contributed by atoms with Crippen molar-refractivity contribution in [3.05, 3.63) is 48.6 Å². The van der Waals surface area contributed by atoms with Gasteiger partial charge in [0, 0.05) is 6.42 Å². The molecule has 0 saturated carbocycles. The Morgan fingerprint density at radius 1 is 0.717 bits per heavy atom. The average molecular weight is 770 g/mol. The number of likely N-dealkylation sites (N-methyl/N-ethyl adjacent to an activating group) is 1. The van der Waals surface area contributed by atoms with Gasteiger partial charge in [-0.25, -0.2) is 0 Å². The largest absolute Gasteiger partial charge is 0.756 e. The summed E-state index contributed by atoms with van der Waals surface area (Å²) in [7, 11) is 0.775. The third kappa shape index (κ3) is 30.5. The van der Waals surface area contributed by atoms with Crippen LogP contribution in [0.15, 0.2) is 48.6 Å². The SMILES string of the molecule is CCCCC/C=C\C/C=C\C/C=C\C/C=C\CCCCC(OP(=O)([O-])OCC[N+](C)(C)C)(C(=O)[14CH2]CCCCCCCCCCCCCC)[C@@H](O)CO. The number of ketones is 1. The molecule has 0 spiro atoms. The number of quaternary nitrogens is 1. The molecular formula is C44H82NO7P. The molecule has 0 heterocycles. The Hall–Kier alpha value is -1.38. The first-order valence-corrected chi connectivity index (χ1v) is 22.8. The Balaban J connectivity index is 4.98. The molecule has 2 unspecified atom stereocenters. The zero-order valence-electron chi connectivity index (χ0n) is 34.8. The summed E-state index contributed by atoms with van der Waals surface area (Å²) in [4.78, 5) is 26.8. The van der Waals surface area contributed by atoms with Gasteiger partial charge in [0.25, 0.3) is 7.82 Å². The molecule has 0 bridgehead atoms. The van der Waals surface area contributed by atoms with Gasteiger partial charge in [-0.1, -0.05) is 152 Å². The molecule has 3 atom stereocenters. The molecule has 0 amide bonds. The predicted molar refractivity (Wildman–Crippen MR) is 222 cm³/mol. The maximum Gasteiger partial charge on any atom is 0.269 e. The zero-order chi connectivity index (χ0) is 39.5. The number of carbonyl (C=O) groups excluding carboxylic acids is 1. The van der Waals surface area contributed by atoms with Gasteiger partial charge >= 0.3 is 0 Å². The van der Waals surface area contributed by atoms with Crippen molar-refractivity contribution < 1.29 is 38.0 Å². The summed E-state index contributed by atoms with van der Waals surface area (Å²) in [5, 5.41) is 21.0. The van der Waals surface area contributed by atoms with Gasteiger partial charge < -0.3 is 28.6 Å². The predicted octanol–water partition coefficient (Wildman–Crippen LogP) is 10.9. The summed E-state index contributed by atoms with van der Waals surface area (Å²) in [6.45, 7) is 3.97. The molecule has 0 rings (SSSR count). The highest BCUT2D eigenvalue weighted by Gasteiger charge is 2.47. The van der Waals surface area contributed by atoms with Gasteiger partial charge in [-0.3, -0.25) is 9.36 Å². The number of aliphatic hydroxyl groups is 2. The number of Topliss-reactive ketones (excluding diaryl/α,β-unsaturated/α-hetero) is 1. The minimum atomic E-state index is -4.97. The van der Waals surface area contributed by atoms with Crippen LogP contribution >= 0.6 is 7.82 Å². The van der Waals surface area contributed by atoms with Crippen LogP contribution in [0.3, 0.4) is 0 Å². The second-order valence-corrected chi connectivity index (χ2v) is 17.1. The lowest BCUT2D eigenvalue weighted by Gasteiger charge is -2.40. The minimum absolute atomic E-state index is 0.0229. The number of rotatable bonds is 38. The van der Waals surface area contributed by atoms with Crippen molar-refractivity contribution >= 4 is 13.6 Å². The number of phosphoric acid groups is 1. The lowest BCUT2D eigenvalue weighted by Crippen LogP contribution is -2.53. The molecule has 310 valence electrons. The number of aliphatic hydroxyl groups excluding tert-OH is 2. The van der Waals surface area contributed by atoms with E-state index in [-0.39, 0.29) is 19.4 Å². The summed E-state index contributed by atoms with van der Waals surface area (Å²) in [5.41, 5.74) is -2.08. The van der Waals surface area contributed by atoms with Crippen molar-refractivity contribution in [3.8, 4) is 0 Å². The normalized spacial score (nSPS) is 15.6. The lowest BCUT2D eigenvalue weighted by molar-refractivity contribution is -0.870. The molecule has 0 aliphatic heterocycles. The van der Waals surface area contributed by atoms with E-state index in [0.29, 0.717) is 30.3 Å². The average Bonchev–Trinajstić information content (AvgIpc) is 3.11. The van der Waals surface area contributed by atoms with Crippen LogP contribution in [-0.2, 0) is 18.4 Å². The highest BCUT2D eigenvalue weighted by Crippen LogP contribution is 2.47. The summed E-state index contributed by atoms with van der Waals surface area (Å²) in [6.07, 6.45) is 40.4. The van der Waals surface area contributed by atoms with E-state index in [1.165, 1.54) is 83.5 Å². The van der Waals surface area contributed by atoms with E-state index in [1.54, 1.807) is 0 Å². The third-order valence-corrected chi connectivity index (χ3v) is 10.7. The van der Waals surface area contributed by atoms with Crippen LogP contribution in [-0.4, -0.2) is 73.1 Å². The molecule has 0 fully saturated rings. The monoisotopic (exact) mass is 770 g/mol. The molecule has 9 heteroatoms. The molecule has 0 saturated heterocycles. The smallest absolute Gasteiger partial charge is 0.269 e. The fourth-order valence-corrected chi connectivity index (χ4v) is 7.25. The molecule has 0 aliphatic rings. The molecule has 8 nitrogen and oxygen atoms in total. The van der Waals surface area contributed by atoms with Crippen molar-refractivity contribution in [2.75, 3.05) is 40.9 Å². The summed E-state index contributed by atoms with van der Waals surface area (Å²) in [5.74, 6) is -0.494. The van der Waals surface area contributed by atoms with Gasteiger partial charge in [-0.15, -0.1) is 0 Å². The number of allylic oxidation sites excluding steroid dienone is 8. The second kappa shape index (κ2) is 33.9. The van der Waals surface area contributed by atoms with E-state index < -0.39 is 31.9 Å². The molecule has 0 radical (unpaired) electrons. The Kier molecular flexibility index (Phi) is 33.0. The Bertz CT molecular complexity index is 1040. The van der Waals surface area contributed by atoms with Crippen molar-refractivity contribution in [2.24, 2.45) is 0 Å². The van der Waals surface area contributed by atoms with Crippen molar-refractivity contribution in [3.63, 3.8) is 0 Å². The van der Waals surface area contributed by atoms with Crippen LogP contribution < -0.4 is 4.89 Å². The van der Waals surface area contributed by atoms with Crippen LogP contribution in [0.4, 0.5) is 0 Å². The first-order valence-electron chi connectivity index (χ1n) is 21.3. The van der Waals surface area contributed by atoms with E-state index in [1.807, 2.05) is 21.1 Å². The van der Waals surface area contributed by atoms with Crippen molar-refractivity contribution in [1.82, 2.24) is 0 Å². The zero-order valence-corrected chi connectivity index (χ0v) is 35.7. The standard InChI is InChI=1S/C44H82NO7P/c1-6-8-10-12-14-16-18-20-21-22-23-24-26-28-30-32-34-36-38-44(43(48)41-46,52-53(49,50)51-40-39-45(3,4)5)42(47)37-35-33-31-29-27-25-19-17-15-13-11-9-7-2/h14,16,20-21,23-24,28,30,43,46,48H,6-13,15,17-19,22,25-27,29,31-41H2,1-5H3/b16-14-,21-20-,24-23-,30-28-/t43-,44?/m0/s1/i37+2. The number of nitrogens with zero attached hydrogens (tertiary/aromatic N) is 1. The minimum Gasteiger partial charge on any atom is -0.756 e. The molecule has 0 aliphatic carbocycles.